The second-order valence-electron chi connectivity index (χ2n) is 6.58. The topological polar surface area (TPSA) is 75.3 Å². The molecule has 26 heavy (non-hydrogen) atoms. The predicted molar refractivity (Wildman–Crippen MR) is 101 cm³/mol. The Bertz CT molecular complexity index is 799. The molecule has 1 aromatic heterocycles. The maximum atomic E-state index is 12.3. The fourth-order valence-corrected chi connectivity index (χ4v) is 4.17. The van der Waals surface area contributed by atoms with E-state index in [-0.39, 0.29) is 5.91 Å². The van der Waals surface area contributed by atoms with Crippen LogP contribution < -0.4 is 10.9 Å². The van der Waals surface area contributed by atoms with E-state index in [1.165, 1.54) is 34.6 Å². The van der Waals surface area contributed by atoms with Gasteiger partial charge < -0.3 is 0 Å². The van der Waals surface area contributed by atoms with Crippen LogP contribution in [0.2, 0.25) is 0 Å². The van der Waals surface area contributed by atoms with Crippen molar-refractivity contribution < 1.29 is 14.4 Å². The predicted octanol–water partition coefficient (Wildman–Crippen LogP) is 3.36. The quantitative estimate of drug-likeness (QED) is 0.494. The van der Waals surface area contributed by atoms with E-state index in [2.05, 4.69) is 10.9 Å². The third kappa shape index (κ3) is 4.38. The summed E-state index contributed by atoms with van der Waals surface area (Å²) in [6.45, 7) is 1.90. The average molecular weight is 370 g/mol. The molecule has 0 saturated carbocycles. The Morgan fingerprint density at radius 1 is 0.923 bits per heavy atom. The first-order valence-electron chi connectivity index (χ1n) is 8.88. The number of rotatable bonds is 3. The van der Waals surface area contributed by atoms with E-state index >= 15 is 0 Å². The maximum Gasteiger partial charge on any atom is 0.310 e. The van der Waals surface area contributed by atoms with Crippen molar-refractivity contribution in [2.75, 3.05) is 0 Å². The number of thiophene rings is 1. The van der Waals surface area contributed by atoms with Crippen molar-refractivity contribution in [3.8, 4) is 0 Å². The zero-order valence-corrected chi connectivity index (χ0v) is 15.6. The second kappa shape index (κ2) is 8.27. The second-order valence-corrected chi connectivity index (χ2v) is 7.71. The molecule has 1 aliphatic rings. The summed E-state index contributed by atoms with van der Waals surface area (Å²) in [5.74, 6) is -1.91. The van der Waals surface area contributed by atoms with Crippen molar-refractivity contribution in [1.82, 2.24) is 10.9 Å². The van der Waals surface area contributed by atoms with E-state index in [0.717, 1.165) is 31.2 Å². The van der Waals surface area contributed by atoms with Gasteiger partial charge in [0.05, 0.1) is 4.88 Å². The first-order valence-corrected chi connectivity index (χ1v) is 9.69. The molecule has 0 fully saturated rings. The molecule has 1 heterocycles. The SMILES string of the molecule is Cc1ccc(C(=O)C(=O)NNC(=O)c2cc3c(s2)CCCCCC3)cc1. The molecule has 1 aliphatic carbocycles. The van der Waals surface area contributed by atoms with Crippen molar-refractivity contribution in [1.29, 1.82) is 0 Å². The van der Waals surface area contributed by atoms with Gasteiger partial charge in [-0.05, 0) is 44.2 Å². The number of nitrogens with one attached hydrogen (secondary N) is 2. The third-order valence-corrected chi connectivity index (χ3v) is 5.77. The number of aryl methyl sites for hydroxylation is 3. The van der Waals surface area contributed by atoms with Crippen molar-refractivity contribution in [2.24, 2.45) is 0 Å². The van der Waals surface area contributed by atoms with Gasteiger partial charge in [-0.3, -0.25) is 25.2 Å². The van der Waals surface area contributed by atoms with Crippen molar-refractivity contribution in [2.45, 2.75) is 45.4 Å². The van der Waals surface area contributed by atoms with Crippen LogP contribution in [0.3, 0.4) is 0 Å². The lowest BCUT2D eigenvalue weighted by atomic mass is 10.00. The van der Waals surface area contributed by atoms with E-state index in [9.17, 15) is 14.4 Å². The van der Waals surface area contributed by atoms with Crippen LogP contribution in [0.5, 0.6) is 0 Å². The first kappa shape index (κ1) is 18.3. The number of carbonyl (C=O) groups is 3. The van der Waals surface area contributed by atoms with Crippen molar-refractivity contribution >= 4 is 28.9 Å². The zero-order valence-electron chi connectivity index (χ0n) is 14.8. The summed E-state index contributed by atoms with van der Waals surface area (Å²) < 4.78 is 0. The minimum Gasteiger partial charge on any atom is -0.283 e. The lowest BCUT2D eigenvalue weighted by Gasteiger charge is -2.07. The monoisotopic (exact) mass is 370 g/mol. The standard InChI is InChI=1S/C20H22N2O3S/c1-13-8-10-14(11-9-13)18(23)20(25)22-21-19(24)17-12-15-6-4-2-3-5-7-16(15)26-17/h8-12H,2-7H2,1H3,(H,21,24)(H,22,25). The Morgan fingerprint density at radius 2 is 1.62 bits per heavy atom. The Balaban J connectivity index is 1.59. The maximum absolute atomic E-state index is 12.3. The molecule has 5 nitrogen and oxygen atoms in total. The minimum absolute atomic E-state index is 0.293. The van der Waals surface area contributed by atoms with Gasteiger partial charge in [0.25, 0.3) is 11.7 Å². The molecule has 2 N–H and O–H groups in total. The molecule has 0 radical (unpaired) electrons. The lowest BCUT2D eigenvalue weighted by molar-refractivity contribution is -0.117. The minimum atomic E-state index is -0.850. The molecule has 6 heteroatoms. The van der Waals surface area contributed by atoms with Crippen LogP contribution in [0.15, 0.2) is 30.3 Å². The highest BCUT2D eigenvalue weighted by molar-refractivity contribution is 7.14. The fraction of sp³-hybridized carbons (Fsp3) is 0.350. The molecule has 2 amide bonds. The summed E-state index contributed by atoms with van der Waals surface area (Å²) in [5.41, 5.74) is 7.10. The Kier molecular flexibility index (Phi) is 5.83. The molecule has 0 spiro atoms. The van der Waals surface area contributed by atoms with E-state index in [1.807, 2.05) is 13.0 Å². The van der Waals surface area contributed by atoms with Crippen LogP contribution in [0.4, 0.5) is 0 Å². The number of benzene rings is 1. The van der Waals surface area contributed by atoms with Crippen LogP contribution in [0, 0.1) is 6.92 Å². The normalized spacial score (nSPS) is 13.9. The smallest absolute Gasteiger partial charge is 0.283 e. The molecule has 0 saturated heterocycles. The zero-order chi connectivity index (χ0) is 18.5. The summed E-state index contributed by atoms with van der Waals surface area (Å²) in [7, 11) is 0. The van der Waals surface area contributed by atoms with Gasteiger partial charge in [0, 0.05) is 10.4 Å². The number of hydrogen-bond acceptors (Lipinski definition) is 4. The fourth-order valence-electron chi connectivity index (χ4n) is 3.02. The Hall–Kier alpha value is -2.47. The van der Waals surface area contributed by atoms with Gasteiger partial charge in [0.2, 0.25) is 0 Å². The first-order chi connectivity index (χ1) is 12.5. The molecular formula is C20H22N2O3S. The van der Waals surface area contributed by atoms with Crippen molar-refractivity contribution in [3.05, 3.63) is 56.8 Å². The van der Waals surface area contributed by atoms with E-state index in [1.54, 1.807) is 24.3 Å². The highest BCUT2D eigenvalue weighted by Crippen LogP contribution is 2.28. The highest BCUT2D eigenvalue weighted by Gasteiger charge is 2.19. The van der Waals surface area contributed by atoms with E-state index in [0.29, 0.717) is 10.4 Å². The molecule has 0 aliphatic heterocycles. The van der Waals surface area contributed by atoms with Gasteiger partial charge in [-0.15, -0.1) is 11.3 Å². The Morgan fingerprint density at radius 3 is 2.35 bits per heavy atom. The number of amides is 2. The van der Waals surface area contributed by atoms with Gasteiger partial charge >= 0.3 is 5.91 Å². The number of fused-ring (bicyclic) bond motifs is 1. The molecule has 2 aromatic rings. The van der Waals surface area contributed by atoms with Gasteiger partial charge in [-0.1, -0.05) is 42.7 Å². The number of hydrazine groups is 1. The van der Waals surface area contributed by atoms with E-state index < -0.39 is 11.7 Å². The van der Waals surface area contributed by atoms with E-state index in [4.69, 9.17) is 0 Å². The highest BCUT2D eigenvalue weighted by atomic mass is 32.1. The number of Topliss-reactive ketones (excluding diaryl/α,β-unsaturated/α-hetero) is 1. The summed E-state index contributed by atoms with van der Waals surface area (Å²) in [4.78, 5) is 38.2. The summed E-state index contributed by atoms with van der Waals surface area (Å²) >= 11 is 1.48. The van der Waals surface area contributed by atoms with Crippen LogP contribution in [0.1, 0.15) is 61.7 Å². The molecule has 0 bridgehead atoms. The van der Waals surface area contributed by atoms with Crippen LogP contribution in [-0.2, 0) is 17.6 Å². The molecule has 136 valence electrons. The Labute approximate surface area is 156 Å². The van der Waals surface area contributed by atoms with Crippen molar-refractivity contribution in [3.63, 3.8) is 0 Å². The molecular weight excluding hydrogens is 348 g/mol. The van der Waals surface area contributed by atoms with Crippen LogP contribution in [0.25, 0.3) is 0 Å². The van der Waals surface area contributed by atoms with Gasteiger partial charge in [0.15, 0.2) is 0 Å². The lowest BCUT2D eigenvalue weighted by Crippen LogP contribution is -2.44. The number of carbonyl (C=O) groups excluding carboxylic acids is 3. The summed E-state index contributed by atoms with van der Waals surface area (Å²) in [6, 6.07) is 8.63. The molecule has 0 unspecified atom stereocenters. The third-order valence-electron chi connectivity index (χ3n) is 4.53. The van der Waals surface area contributed by atoms with Gasteiger partial charge in [-0.25, -0.2) is 0 Å². The number of hydrogen-bond donors (Lipinski definition) is 2. The largest absolute Gasteiger partial charge is 0.310 e. The van der Waals surface area contributed by atoms with Crippen LogP contribution in [-0.4, -0.2) is 17.6 Å². The summed E-state index contributed by atoms with van der Waals surface area (Å²) in [5, 5.41) is 0. The number of ketones is 1. The van der Waals surface area contributed by atoms with Crippen LogP contribution >= 0.6 is 11.3 Å². The van der Waals surface area contributed by atoms with Gasteiger partial charge in [0.1, 0.15) is 0 Å². The van der Waals surface area contributed by atoms with Gasteiger partial charge in [-0.2, -0.15) is 0 Å². The summed E-state index contributed by atoms with van der Waals surface area (Å²) in [6.07, 6.45) is 6.76. The molecule has 1 aromatic carbocycles. The molecule has 3 rings (SSSR count). The molecule has 0 atom stereocenters. The average Bonchev–Trinajstić information content (AvgIpc) is 3.01.